The molecule has 0 aromatic carbocycles. The summed E-state index contributed by atoms with van der Waals surface area (Å²) < 4.78 is 0.772. The van der Waals surface area contributed by atoms with Gasteiger partial charge in [0.2, 0.25) is 0 Å². The van der Waals surface area contributed by atoms with E-state index in [0.29, 0.717) is 17.4 Å². The third-order valence-corrected chi connectivity index (χ3v) is 2.83. The summed E-state index contributed by atoms with van der Waals surface area (Å²) in [5.74, 6) is 0.0445. The standard InChI is InChI=1S/C7H8Br2N2O/c1-4-6(9)7(11-10-4)5(12)2-3-8/h2-3H2,1H3,(H,10,11). The van der Waals surface area contributed by atoms with Gasteiger partial charge in [-0.2, -0.15) is 5.10 Å². The molecule has 0 saturated carbocycles. The molecule has 0 atom stereocenters. The molecule has 0 amide bonds. The molecule has 0 unspecified atom stereocenters. The predicted molar refractivity (Wildman–Crippen MR) is 53.8 cm³/mol. The van der Waals surface area contributed by atoms with Crippen molar-refractivity contribution in [2.24, 2.45) is 0 Å². The highest BCUT2D eigenvalue weighted by atomic mass is 79.9. The van der Waals surface area contributed by atoms with E-state index in [9.17, 15) is 4.79 Å². The molecule has 3 nitrogen and oxygen atoms in total. The van der Waals surface area contributed by atoms with Crippen molar-refractivity contribution < 1.29 is 4.79 Å². The molecule has 1 aromatic heterocycles. The van der Waals surface area contributed by atoms with Crippen molar-refractivity contribution in [1.82, 2.24) is 10.2 Å². The van der Waals surface area contributed by atoms with Gasteiger partial charge in [0.15, 0.2) is 5.78 Å². The van der Waals surface area contributed by atoms with Crippen molar-refractivity contribution in [3.63, 3.8) is 0 Å². The summed E-state index contributed by atoms with van der Waals surface area (Å²) in [6.07, 6.45) is 0.475. The zero-order valence-corrected chi connectivity index (χ0v) is 9.70. The number of nitrogens with zero attached hydrogens (tertiary/aromatic N) is 1. The molecule has 0 saturated heterocycles. The first kappa shape index (κ1) is 9.92. The second kappa shape index (κ2) is 4.18. The Kier molecular flexibility index (Phi) is 3.46. The van der Waals surface area contributed by atoms with Gasteiger partial charge in [-0.3, -0.25) is 9.89 Å². The Morgan fingerprint density at radius 3 is 2.75 bits per heavy atom. The number of aromatic nitrogens is 2. The summed E-state index contributed by atoms with van der Waals surface area (Å²) in [5.41, 5.74) is 1.37. The van der Waals surface area contributed by atoms with Crippen molar-refractivity contribution in [3.8, 4) is 0 Å². The van der Waals surface area contributed by atoms with Crippen molar-refractivity contribution in [2.75, 3.05) is 5.33 Å². The fourth-order valence-electron chi connectivity index (χ4n) is 0.804. The fraction of sp³-hybridized carbons (Fsp3) is 0.429. The number of aromatic amines is 1. The summed E-state index contributed by atoms with van der Waals surface area (Å²) >= 11 is 6.50. The number of aryl methyl sites for hydroxylation is 1. The highest BCUT2D eigenvalue weighted by Crippen LogP contribution is 2.19. The maximum atomic E-state index is 11.3. The number of rotatable bonds is 3. The SMILES string of the molecule is Cc1[nH]nc(C(=O)CCBr)c1Br. The monoisotopic (exact) mass is 294 g/mol. The third kappa shape index (κ3) is 1.95. The Balaban J connectivity index is 2.88. The van der Waals surface area contributed by atoms with Crippen LogP contribution in [0.25, 0.3) is 0 Å². The zero-order valence-electron chi connectivity index (χ0n) is 6.53. The molecule has 0 fully saturated rings. The highest BCUT2D eigenvalue weighted by molar-refractivity contribution is 9.10. The molecule has 1 heterocycles. The van der Waals surface area contributed by atoms with Crippen molar-refractivity contribution >= 4 is 37.6 Å². The molecule has 1 aromatic rings. The van der Waals surface area contributed by atoms with Crippen LogP contribution in [0.1, 0.15) is 22.6 Å². The van der Waals surface area contributed by atoms with Gasteiger partial charge >= 0.3 is 0 Å². The maximum absolute atomic E-state index is 11.3. The van der Waals surface area contributed by atoms with E-state index in [1.54, 1.807) is 0 Å². The van der Waals surface area contributed by atoms with Crippen molar-refractivity contribution in [2.45, 2.75) is 13.3 Å². The average molecular weight is 296 g/mol. The lowest BCUT2D eigenvalue weighted by molar-refractivity contribution is 0.0984. The van der Waals surface area contributed by atoms with E-state index in [2.05, 4.69) is 42.1 Å². The minimum Gasteiger partial charge on any atom is -0.292 e. The molecule has 12 heavy (non-hydrogen) atoms. The van der Waals surface area contributed by atoms with Crippen LogP contribution in [0.15, 0.2) is 4.47 Å². The van der Waals surface area contributed by atoms with Gasteiger partial charge in [-0.1, -0.05) is 15.9 Å². The Hall–Kier alpha value is -0.160. The lowest BCUT2D eigenvalue weighted by atomic mass is 10.2. The molecular formula is C7H8Br2N2O. The molecule has 1 rings (SSSR count). The molecular weight excluding hydrogens is 288 g/mol. The van der Waals surface area contributed by atoms with E-state index in [-0.39, 0.29) is 5.78 Å². The largest absolute Gasteiger partial charge is 0.292 e. The molecule has 0 bridgehead atoms. The van der Waals surface area contributed by atoms with Gasteiger partial charge in [0.25, 0.3) is 0 Å². The molecule has 1 N–H and O–H groups in total. The van der Waals surface area contributed by atoms with Crippen LogP contribution in [0, 0.1) is 6.92 Å². The van der Waals surface area contributed by atoms with Gasteiger partial charge in [0.05, 0.1) is 4.47 Å². The van der Waals surface area contributed by atoms with Crippen LogP contribution in [0.2, 0.25) is 0 Å². The summed E-state index contributed by atoms with van der Waals surface area (Å²) in [6.45, 7) is 1.86. The van der Waals surface area contributed by atoms with Crippen LogP contribution in [0.3, 0.4) is 0 Å². The molecule has 0 spiro atoms. The molecule has 0 aliphatic rings. The van der Waals surface area contributed by atoms with Gasteiger partial charge in [0.1, 0.15) is 5.69 Å². The first-order valence-electron chi connectivity index (χ1n) is 3.46. The van der Waals surface area contributed by atoms with Crippen LogP contribution in [-0.2, 0) is 0 Å². The number of hydrogen-bond acceptors (Lipinski definition) is 2. The van der Waals surface area contributed by atoms with Gasteiger partial charge < -0.3 is 0 Å². The summed E-state index contributed by atoms with van der Waals surface area (Å²) in [5, 5.41) is 7.31. The van der Waals surface area contributed by atoms with Crippen LogP contribution in [-0.4, -0.2) is 21.3 Å². The Morgan fingerprint density at radius 2 is 2.33 bits per heavy atom. The number of alkyl halides is 1. The first-order chi connectivity index (χ1) is 5.66. The van der Waals surface area contributed by atoms with Crippen LogP contribution >= 0.6 is 31.9 Å². The van der Waals surface area contributed by atoms with E-state index >= 15 is 0 Å². The topological polar surface area (TPSA) is 45.8 Å². The Bertz CT molecular complexity index is 296. The van der Waals surface area contributed by atoms with E-state index in [4.69, 9.17) is 0 Å². The fourth-order valence-corrected chi connectivity index (χ4v) is 1.56. The highest BCUT2D eigenvalue weighted by Gasteiger charge is 2.14. The number of hydrogen-bond donors (Lipinski definition) is 1. The normalized spacial score (nSPS) is 10.2. The number of carbonyl (C=O) groups is 1. The second-order valence-corrected chi connectivity index (χ2v) is 3.96. The number of ketones is 1. The predicted octanol–water partition coefficient (Wildman–Crippen LogP) is 2.45. The lowest BCUT2D eigenvalue weighted by Crippen LogP contribution is -2.00. The first-order valence-corrected chi connectivity index (χ1v) is 5.38. The Morgan fingerprint density at radius 1 is 1.67 bits per heavy atom. The van der Waals surface area contributed by atoms with Crippen LogP contribution < -0.4 is 0 Å². The molecule has 0 aliphatic carbocycles. The van der Waals surface area contributed by atoms with Gasteiger partial charge in [-0.25, -0.2) is 0 Å². The lowest BCUT2D eigenvalue weighted by Gasteiger charge is -1.92. The number of Topliss-reactive ketones (excluding diaryl/α,β-unsaturated/α-hetero) is 1. The van der Waals surface area contributed by atoms with E-state index in [1.807, 2.05) is 6.92 Å². The minimum atomic E-state index is 0.0445. The van der Waals surface area contributed by atoms with Gasteiger partial charge in [-0.15, -0.1) is 0 Å². The van der Waals surface area contributed by atoms with Crippen LogP contribution in [0.4, 0.5) is 0 Å². The molecule has 0 aliphatic heterocycles. The summed E-state index contributed by atoms with van der Waals surface area (Å²) in [4.78, 5) is 11.3. The third-order valence-electron chi connectivity index (χ3n) is 1.46. The summed E-state index contributed by atoms with van der Waals surface area (Å²) in [6, 6.07) is 0. The van der Waals surface area contributed by atoms with Crippen molar-refractivity contribution in [3.05, 3.63) is 15.9 Å². The Labute approximate surface area is 87.2 Å². The summed E-state index contributed by atoms with van der Waals surface area (Å²) in [7, 11) is 0. The smallest absolute Gasteiger partial charge is 0.185 e. The second-order valence-electron chi connectivity index (χ2n) is 2.37. The van der Waals surface area contributed by atoms with Gasteiger partial charge in [0, 0.05) is 17.4 Å². The number of H-pyrrole nitrogens is 1. The molecule has 66 valence electrons. The van der Waals surface area contributed by atoms with E-state index in [1.165, 1.54) is 0 Å². The molecule has 5 heteroatoms. The maximum Gasteiger partial charge on any atom is 0.185 e. The number of carbonyl (C=O) groups excluding carboxylic acids is 1. The molecule has 0 radical (unpaired) electrons. The van der Waals surface area contributed by atoms with E-state index in [0.717, 1.165) is 10.2 Å². The number of halogens is 2. The average Bonchev–Trinajstić information content (AvgIpc) is 2.34. The van der Waals surface area contributed by atoms with Gasteiger partial charge in [-0.05, 0) is 22.9 Å². The van der Waals surface area contributed by atoms with Crippen LogP contribution in [0.5, 0.6) is 0 Å². The minimum absolute atomic E-state index is 0.0445. The van der Waals surface area contributed by atoms with Crippen molar-refractivity contribution in [1.29, 1.82) is 0 Å². The quantitative estimate of drug-likeness (QED) is 0.688. The zero-order chi connectivity index (χ0) is 9.14. The number of nitrogens with one attached hydrogen (secondary N) is 1. The van der Waals surface area contributed by atoms with E-state index < -0.39 is 0 Å².